The summed E-state index contributed by atoms with van der Waals surface area (Å²) in [6.07, 6.45) is 5.03. The Morgan fingerprint density at radius 3 is 2.56 bits per heavy atom. The molecule has 0 bridgehead atoms. The van der Waals surface area contributed by atoms with Gasteiger partial charge in [-0.3, -0.25) is 0 Å². The quantitative estimate of drug-likeness (QED) is 0.773. The van der Waals surface area contributed by atoms with Crippen molar-refractivity contribution in [2.45, 2.75) is 66.0 Å². The van der Waals surface area contributed by atoms with Gasteiger partial charge < -0.3 is 5.32 Å². The molecule has 0 aliphatic carbocycles. The van der Waals surface area contributed by atoms with Gasteiger partial charge in [0.05, 0.1) is 0 Å². The van der Waals surface area contributed by atoms with Gasteiger partial charge in [-0.05, 0) is 39.7 Å². The van der Waals surface area contributed by atoms with E-state index in [1.165, 1.54) is 12.8 Å². The molecule has 0 aliphatic heterocycles. The summed E-state index contributed by atoms with van der Waals surface area (Å²) >= 11 is 0. The van der Waals surface area contributed by atoms with Crippen molar-refractivity contribution in [1.82, 2.24) is 20.1 Å². The van der Waals surface area contributed by atoms with Gasteiger partial charge in [0, 0.05) is 18.5 Å². The standard InChI is InChI=1S/C14H28N4/c1-6-8-15-12(5)13(7-2)9-14-16-10-17-18(14)11(3)4/h10-13,15H,6-9H2,1-5H3. The molecule has 4 heteroatoms. The van der Waals surface area contributed by atoms with Crippen molar-refractivity contribution in [1.29, 1.82) is 0 Å². The van der Waals surface area contributed by atoms with Gasteiger partial charge in [-0.2, -0.15) is 5.10 Å². The number of rotatable bonds is 8. The fourth-order valence-electron chi connectivity index (χ4n) is 2.30. The summed E-state index contributed by atoms with van der Waals surface area (Å²) in [6, 6.07) is 0.922. The topological polar surface area (TPSA) is 42.7 Å². The summed E-state index contributed by atoms with van der Waals surface area (Å²) in [6.45, 7) is 12.1. The van der Waals surface area contributed by atoms with Crippen LogP contribution in [0.4, 0.5) is 0 Å². The molecule has 2 unspecified atom stereocenters. The summed E-state index contributed by atoms with van der Waals surface area (Å²) in [4.78, 5) is 4.41. The lowest BCUT2D eigenvalue weighted by molar-refractivity contribution is 0.347. The van der Waals surface area contributed by atoms with Gasteiger partial charge >= 0.3 is 0 Å². The Morgan fingerprint density at radius 1 is 1.28 bits per heavy atom. The van der Waals surface area contributed by atoms with Gasteiger partial charge in [0.1, 0.15) is 12.2 Å². The van der Waals surface area contributed by atoms with E-state index in [0.717, 1.165) is 18.8 Å². The largest absolute Gasteiger partial charge is 0.314 e. The molecule has 0 radical (unpaired) electrons. The first-order valence-electron chi connectivity index (χ1n) is 7.21. The fourth-order valence-corrected chi connectivity index (χ4v) is 2.30. The normalized spacial score (nSPS) is 15.0. The lowest BCUT2D eigenvalue weighted by Crippen LogP contribution is -2.35. The predicted molar refractivity (Wildman–Crippen MR) is 75.6 cm³/mol. The first kappa shape index (κ1) is 15.2. The molecule has 2 atom stereocenters. The van der Waals surface area contributed by atoms with E-state index < -0.39 is 0 Å². The highest BCUT2D eigenvalue weighted by atomic mass is 15.3. The van der Waals surface area contributed by atoms with Gasteiger partial charge in [0.25, 0.3) is 0 Å². The van der Waals surface area contributed by atoms with Crippen molar-refractivity contribution in [3.8, 4) is 0 Å². The SMILES string of the molecule is CCCNC(C)C(CC)Cc1ncnn1C(C)C. The molecule has 1 heterocycles. The third-order valence-corrected chi connectivity index (χ3v) is 3.53. The van der Waals surface area contributed by atoms with Crippen LogP contribution in [0.2, 0.25) is 0 Å². The molecule has 0 aliphatic rings. The van der Waals surface area contributed by atoms with Crippen LogP contribution in [-0.2, 0) is 6.42 Å². The van der Waals surface area contributed by atoms with Crippen LogP contribution in [0.3, 0.4) is 0 Å². The fraction of sp³-hybridized carbons (Fsp3) is 0.857. The van der Waals surface area contributed by atoms with E-state index in [-0.39, 0.29) is 0 Å². The Morgan fingerprint density at radius 2 is 2.00 bits per heavy atom. The summed E-state index contributed by atoms with van der Waals surface area (Å²) in [7, 11) is 0. The summed E-state index contributed by atoms with van der Waals surface area (Å²) in [5.41, 5.74) is 0. The lowest BCUT2D eigenvalue weighted by atomic mass is 9.94. The molecule has 0 amide bonds. The summed E-state index contributed by atoms with van der Waals surface area (Å²) < 4.78 is 2.04. The average molecular weight is 252 g/mol. The van der Waals surface area contributed by atoms with Crippen LogP contribution in [0.25, 0.3) is 0 Å². The van der Waals surface area contributed by atoms with Crippen molar-refractivity contribution in [3.63, 3.8) is 0 Å². The van der Waals surface area contributed by atoms with Crippen molar-refractivity contribution >= 4 is 0 Å². The number of nitrogens with one attached hydrogen (secondary N) is 1. The molecule has 1 aromatic rings. The number of nitrogens with zero attached hydrogens (tertiary/aromatic N) is 3. The van der Waals surface area contributed by atoms with Crippen LogP contribution < -0.4 is 5.32 Å². The molecule has 4 nitrogen and oxygen atoms in total. The second-order valence-corrected chi connectivity index (χ2v) is 5.33. The van der Waals surface area contributed by atoms with Crippen LogP contribution in [0.5, 0.6) is 0 Å². The minimum absolute atomic E-state index is 0.388. The maximum Gasteiger partial charge on any atom is 0.138 e. The monoisotopic (exact) mass is 252 g/mol. The number of hydrogen-bond donors (Lipinski definition) is 1. The van der Waals surface area contributed by atoms with E-state index in [2.05, 4.69) is 50.0 Å². The minimum Gasteiger partial charge on any atom is -0.314 e. The molecular formula is C14H28N4. The predicted octanol–water partition coefficient (Wildman–Crippen LogP) is 2.82. The van der Waals surface area contributed by atoms with Gasteiger partial charge in [-0.15, -0.1) is 0 Å². The first-order chi connectivity index (χ1) is 8.60. The summed E-state index contributed by atoms with van der Waals surface area (Å²) in [5.74, 6) is 1.74. The van der Waals surface area contributed by atoms with Crippen LogP contribution >= 0.6 is 0 Å². The Bertz CT molecular complexity index is 332. The smallest absolute Gasteiger partial charge is 0.138 e. The van der Waals surface area contributed by atoms with Gasteiger partial charge in [-0.25, -0.2) is 9.67 Å². The number of hydrogen-bond acceptors (Lipinski definition) is 3. The molecule has 0 saturated heterocycles. The molecular weight excluding hydrogens is 224 g/mol. The Kier molecular flexibility index (Phi) is 6.33. The third kappa shape index (κ3) is 4.09. The first-order valence-corrected chi connectivity index (χ1v) is 7.21. The summed E-state index contributed by atoms with van der Waals surface area (Å²) in [5, 5.41) is 7.90. The van der Waals surface area contributed by atoms with Crippen LogP contribution in [0.1, 0.15) is 59.3 Å². The van der Waals surface area contributed by atoms with Gasteiger partial charge in [0.15, 0.2) is 0 Å². The third-order valence-electron chi connectivity index (χ3n) is 3.53. The molecule has 0 aromatic carbocycles. The highest BCUT2D eigenvalue weighted by molar-refractivity contribution is 4.91. The maximum atomic E-state index is 4.41. The van der Waals surface area contributed by atoms with Crippen molar-refractivity contribution in [2.24, 2.45) is 5.92 Å². The van der Waals surface area contributed by atoms with Gasteiger partial charge in [0.2, 0.25) is 0 Å². The minimum atomic E-state index is 0.388. The Labute approximate surface area is 111 Å². The maximum absolute atomic E-state index is 4.41. The molecule has 0 saturated carbocycles. The van der Waals surface area contributed by atoms with Crippen molar-refractivity contribution < 1.29 is 0 Å². The molecule has 1 N–H and O–H groups in total. The molecule has 0 spiro atoms. The van der Waals surface area contributed by atoms with Crippen LogP contribution in [0, 0.1) is 5.92 Å². The second kappa shape index (κ2) is 7.52. The van der Waals surface area contributed by atoms with Crippen molar-refractivity contribution in [2.75, 3.05) is 6.54 Å². The molecule has 18 heavy (non-hydrogen) atoms. The van der Waals surface area contributed by atoms with E-state index >= 15 is 0 Å². The Hall–Kier alpha value is -0.900. The molecule has 0 fully saturated rings. The van der Waals surface area contributed by atoms with Crippen molar-refractivity contribution in [3.05, 3.63) is 12.2 Å². The van der Waals surface area contributed by atoms with E-state index in [4.69, 9.17) is 0 Å². The molecule has 1 aromatic heterocycles. The van der Waals surface area contributed by atoms with E-state index in [1.54, 1.807) is 6.33 Å². The highest BCUT2D eigenvalue weighted by Gasteiger charge is 2.18. The van der Waals surface area contributed by atoms with Crippen LogP contribution in [-0.4, -0.2) is 27.4 Å². The van der Waals surface area contributed by atoms with Gasteiger partial charge in [-0.1, -0.05) is 20.3 Å². The van der Waals surface area contributed by atoms with E-state index in [9.17, 15) is 0 Å². The second-order valence-electron chi connectivity index (χ2n) is 5.33. The molecule has 1 rings (SSSR count). The zero-order chi connectivity index (χ0) is 13.5. The van der Waals surface area contributed by atoms with Crippen LogP contribution in [0.15, 0.2) is 6.33 Å². The Balaban J connectivity index is 2.64. The van der Waals surface area contributed by atoms with E-state index in [0.29, 0.717) is 18.0 Å². The van der Waals surface area contributed by atoms with E-state index in [1.807, 2.05) is 4.68 Å². The number of aromatic nitrogens is 3. The molecule has 104 valence electrons. The average Bonchev–Trinajstić information content (AvgIpc) is 2.81. The highest BCUT2D eigenvalue weighted by Crippen LogP contribution is 2.16. The zero-order valence-electron chi connectivity index (χ0n) is 12.5. The zero-order valence-corrected chi connectivity index (χ0v) is 12.5. The lowest BCUT2D eigenvalue weighted by Gasteiger charge is -2.24.